The molecule has 3 atom stereocenters. The van der Waals surface area contributed by atoms with E-state index < -0.39 is 0 Å². The third kappa shape index (κ3) is 2.41. The van der Waals surface area contributed by atoms with E-state index in [0.717, 1.165) is 37.6 Å². The van der Waals surface area contributed by atoms with Gasteiger partial charge in [0.1, 0.15) is 5.78 Å². The molecular formula is C13H23NO. The molecule has 0 aromatic heterocycles. The van der Waals surface area contributed by atoms with Crippen LogP contribution in [0.2, 0.25) is 0 Å². The maximum atomic E-state index is 11.9. The van der Waals surface area contributed by atoms with Crippen molar-refractivity contribution in [1.29, 1.82) is 0 Å². The van der Waals surface area contributed by atoms with Gasteiger partial charge in [-0.05, 0) is 44.1 Å². The van der Waals surface area contributed by atoms with E-state index in [4.69, 9.17) is 0 Å². The number of carbonyl (C=O) groups is 1. The molecule has 2 heteroatoms. The van der Waals surface area contributed by atoms with Crippen molar-refractivity contribution in [2.75, 3.05) is 6.54 Å². The summed E-state index contributed by atoms with van der Waals surface area (Å²) in [7, 11) is 0. The van der Waals surface area contributed by atoms with Gasteiger partial charge in [0, 0.05) is 18.4 Å². The molecule has 1 heterocycles. The van der Waals surface area contributed by atoms with Crippen molar-refractivity contribution in [1.82, 2.24) is 5.32 Å². The lowest BCUT2D eigenvalue weighted by molar-refractivity contribution is -0.126. The van der Waals surface area contributed by atoms with Crippen LogP contribution in [0, 0.1) is 17.8 Å². The number of nitrogens with one attached hydrogen (secondary N) is 1. The van der Waals surface area contributed by atoms with E-state index in [0.29, 0.717) is 17.7 Å². The Morgan fingerprint density at radius 3 is 2.73 bits per heavy atom. The van der Waals surface area contributed by atoms with Crippen LogP contribution in [0.3, 0.4) is 0 Å². The van der Waals surface area contributed by atoms with E-state index in [9.17, 15) is 4.79 Å². The third-order valence-corrected chi connectivity index (χ3v) is 4.26. The highest BCUT2D eigenvalue weighted by molar-refractivity contribution is 5.82. The molecule has 0 amide bonds. The van der Waals surface area contributed by atoms with E-state index in [1.807, 2.05) is 0 Å². The van der Waals surface area contributed by atoms with Gasteiger partial charge in [-0.15, -0.1) is 0 Å². The molecule has 1 aliphatic heterocycles. The molecule has 0 radical (unpaired) electrons. The fourth-order valence-corrected chi connectivity index (χ4v) is 3.14. The predicted octanol–water partition coefficient (Wildman–Crippen LogP) is 2.38. The first-order chi connectivity index (χ1) is 7.18. The summed E-state index contributed by atoms with van der Waals surface area (Å²) in [6.07, 6.45) is 5.54. The van der Waals surface area contributed by atoms with E-state index in [1.54, 1.807) is 0 Å². The van der Waals surface area contributed by atoms with E-state index in [-0.39, 0.29) is 0 Å². The quantitative estimate of drug-likeness (QED) is 0.756. The second-order valence-corrected chi connectivity index (χ2v) is 5.55. The van der Waals surface area contributed by atoms with Crippen molar-refractivity contribution in [2.24, 2.45) is 17.8 Å². The second kappa shape index (κ2) is 4.65. The Morgan fingerprint density at radius 2 is 2.13 bits per heavy atom. The molecule has 1 aliphatic carbocycles. The van der Waals surface area contributed by atoms with E-state index >= 15 is 0 Å². The van der Waals surface area contributed by atoms with Crippen molar-refractivity contribution in [3.8, 4) is 0 Å². The largest absolute Gasteiger partial charge is 0.313 e. The summed E-state index contributed by atoms with van der Waals surface area (Å²) < 4.78 is 0. The van der Waals surface area contributed by atoms with Crippen LogP contribution >= 0.6 is 0 Å². The van der Waals surface area contributed by atoms with Crippen LogP contribution < -0.4 is 5.32 Å². The van der Waals surface area contributed by atoms with Gasteiger partial charge < -0.3 is 5.32 Å². The van der Waals surface area contributed by atoms with Crippen LogP contribution in [0.5, 0.6) is 0 Å². The standard InChI is InChI=1S/C13H23NO/c1-9(2)10-5-6-13(15)11(8-10)12-4-3-7-14-12/h9-12,14H,3-8H2,1-2H3. The highest BCUT2D eigenvalue weighted by Gasteiger charge is 2.36. The SMILES string of the molecule is CC(C)C1CCC(=O)C(C2CCCN2)C1. The number of rotatable bonds is 2. The zero-order valence-corrected chi connectivity index (χ0v) is 9.96. The molecule has 2 rings (SSSR count). The summed E-state index contributed by atoms with van der Waals surface area (Å²) in [5.74, 6) is 2.36. The number of hydrogen-bond acceptors (Lipinski definition) is 2. The van der Waals surface area contributed by atoms with Crippen LogP contribution in [-0.2, 0) is 4.79 Å². The maximum Gasteiger partial charge on any atom is 0.137 e. The van der Waals surface area contributed by atoms with Crippen LogP contribution in [0.4, 0.5) is 0 Å². The third-order valence-electron chi connectivity index (χ3n) is 4.26. The molecule has 15 heavy (non-hydrogen) atoms. The average Bonchev–Trinajstić information content (AvgIpc) is 2.71. The minimum atomic E-state index is 0.327. The maximum absolute atomic E-state index is 11.9. The van der Waals surface area contributed by atoms with Gasteiger partial charge in [-0.25, -0.2) is 0 Å². The van der Waals surface area contributed by atoms with Crippen molar-refractivity contribution in [3.63, 3.8) is 0 Å². The zero-order valence-electron chi connectivity index (χ0n) is 9.96. The second-order valence-electron chi connectivity index (χ2n) is 5.55. The van der Waals surface area contributed by atoms with Crippen molar-refractivity contribution in [2.45, 2.75) is 52.0 Å². The lowest BCUT2D eigenvalue weighted by Gasteiger charge is -2.33. The Bertz CT molecular complexity index is 231. The first kappa shape index (κ1) is 11.1. The van der Waals surface area contributed by atoms with Crippen molar-refractivity contribution < 1.29 is 4.79 Å². The molecule has 1 N–H and O–H groups in total. The van der Waals surface area contributed by atoms with Crippen molar-refractivity contribution >= 4 is 5.78 Å². The van der Waals surface area contributed by atoms with Crippen LogP contribution in [0.1, 0.15) is 46.0 Å². The Hall–Kier alpha value is -0.370. The molecular weight excluding hydrogens is 186 g/mol. The molecule has 0 spiro atoms. The van der Waals surface area contributed by atoms with E-state index in [1.165, 1.54) is 12.8 Å². The Morgan fingerprint density at radius 1 is 1.33 bits per heavy atom. The molecule has 1 saturated carbocycles. The molecule has 2 aliphatic rings. The fraction of sp³-hybridized carbons (Fsp3) is 0.923. The lowest BCUT2D eigenvalue weighted by Crippen LogP contribution is -2.40. The van der Waals surface area contributed by atoms with Gasteiger partial charge in [-0.3, -0.25) is 4.79 Å². The molecule has 2 nitrogen and oxygen atoms in total. The van der Waals surface area contributed by atoms with E-state index in [2.05, 4.69) is 19.2 Å². The lowest BCUT2D eigenvalue weighted by atomic mass is 9.72. The summed E-state index contributed by atoms with van der Waals surface area (Å²) >= 11 is 0. The smallest absolute Gasteiger partial charge is 0.137 e. The van der Waals surface area contributed by atoms with Gasteiger partial charge in [0.05, 0.1) is 0 Å². The molecule has 2 fully saturated rings. The first-order valence-corrected chi connectivity index (χ1v) is 6.44. The van der Waals surface area contributed by atoms with Gasteiger partial charge >= 0.3 is 0 Å². The highest BCUT2D eigenvalue weighted by Crippen LogP contribution is 2.35. The molecule has 0 aromatic rings. The summed E-state index contributed by atoms with van der Waals surface area (Å²) in [6, 6.07) is 0.499. The zero-order chi connectivity index (χ0) is 10.8. The Balaban J connectivity index is 1.98. The predicted molar refractivity (Wildman–Crippen MR) is 61.7 cm³/mol. The highest BCUT2D eigenvalue weighted by atomic mass is 16.1. The molecule has 1 saturated heterocycles. The van der Waals surface area contributed by atoms with Gasteiger partial charge in [0.2, 0.25) is 0 Å². The van der Waals surface area contributed by atoms with Crippen LogP contribution in [0.25, 0.3) is 0 Å². The number of ketones is 1. The van der Waals surface area contributed by atoms with Crippen LogP contribution in [0.15, 0.2) is 0 Å². The van der Waals surface area contributed by atoms with Crippen molar-refractivity contribution in [3.05, 3.63) is 0 Å². The normalized spacial score (nSPS) is 37.5. The topological polar surface area (TPSA) is 29.1 Å². The molecule has 3 unspecified atom stereocenters. The monoisotopic (exact) mass is 209 g/mol. The Kier molecular flexibility index (Phi) is 3.45. The summed E-state index contributed by atoms with van der Waals surface area (Å²) in [6.45, 7) is 5.69. The van der Waals surface area contributed by atoms with Gasteiger partial charge in [-0.1, -0.05) is 13.8 Å². The van der Waals surface area contributed by atoms with Gasteiger partial charge in [0.25, 0.3) is 0 Å². The van der Waals surface area contributed by atoms with Gasteiger partial charge in [0.15, 0.2) is 0 Å². The summed E-state index contributed by atoms with van der Waals surface area (Å²) in [4.78, 5) is 11.9. The minimum absolute atomic E-state index is 0.327. The number of Topliss-reactive ketones (excluding diaryl/α,β-unsaturated/α-hetero) is 1. The van der Waals surface area contributed by atoms with Gasteiger partial charge in [-0.2, -0.15) is 0 Å². The fourth-order valence-electron chi connectivity index (χ4n) is 3.14. The Labute approximate surface area is 92.8 Å². The average molecular weight is 209 g/mol. The molecule has 0 bridgehead atoms. The minimum Gasteiger partial charge on any atom is -0.313 e. The first-order valence-electron chi connectivity index (χ1n) is 6.44. The number of carbonyl (C=O) groups excluding carboxylic acids is 1. The molecule has 0 aromatic carbocycles. The number of hydrogen-bond donors (Lipinski definition) is 1. The van der Waals surface area contributed by atoms with Crippen LogP contribution in [-0.4, -0.2) is 18.4 Å². The summed E-state index contributed by atoms with van der Waals surface area (Å²) in [5.41, 5.74) is 0. The summed E-state index contributed by atoms with van der Waals surface area (Å²) in [5, 5.41) is 3.50. The molecule has 86 valence electrons.